The third-order valence-corrected chi connectivity index (χ3v) is 4.52. The predicted octanol–water partition coefficient (Wildman–Crippen LogP) is 0.386. The molecule has 2 saturated heterocycles. The molecule has 5 nitrogen and oxygen atoms in total. The number of nitrogens with zero attached hydrogens (tertiary/aromatic N) is 3. The summed E-state index contributed by atoms with van der Waals surface area (Å²) in [5.41, 5.74) is 0. The average molecular weight is 283 g/mol. The minimum atomic E-state index is -0.252. The van der Waals surface area contributed by atoms with Crippen molar-refractivity contribution in [3.05, 3.63) is 0 Å². The molecule has 0 unspecified atom stereocenters. The van der Waals surface area contributed by atoms with Gasteiger partial charge in [-0.25, -0.2) is 0 Å². The first-order valence-electron chi connectivity index (χ1n) is 8.02. The van der Waals surface area contributed by atoms with Gasteiger partial charge in [0.1, 0.15) is 0 Å². The Morgan fingerprint density at radius 2 is 2.10 bits per heavy atom. The van der Waals surface area contributed by atoms with Gasteiger partial charge in [0.25, 0.3) is 0 Å². The quantitative estimate of drug-likeness (QED) is 0.766. The normalized spacial score (nSPS) is 27.2. The number of hydrogen-bond acceptors (Lipinski definition) is 4. The molecule has 2 fully saturated rings. The number of carbonyl (C=O) groups is 1. The maximum atomic E-state index is 11.6. The number of β-amino-alcohol motifs (C(OH)–C–C–N with tert-alkyl or cyclic N) is 1. The van der Waals surface area contributed by atoms with Gasteiger partial charge in [0, 0.05) is 58.3 Å². The van der Waals surface area contributed by atoms with E-state index in [9.17, 15) is 9.90 Å². The first-order chi connectivity index (χ1) is 9.60. The van der Waals surface area contributed by atoms with E-state index in [0.29, 0.717) is 11.9 Å². The standard InChI is InChI=1S/C15H29N3O2/c1-3-14-12-16(8-10-18(14)11-13(2)19)7-9-17-6-4-5-15(17)20/h13-14,19H,3-12H2,1-2H3/t13-,14+/m0/s1. The molecule has 0 radical (unpaired) electrons. The highest BCUT2D eigenvalue weighted by molar-refractivity contribution is 5.78. The van der Waals surface area contributed by atoms with Gasteiger partial charge in [-0.1, -0.05) is 6.92 Å². The van der Waals surface area contributed by atoms with E-state index >= 15 is 0 Å². The Morgan fingerprint density at radius 3 is 2.70 bits per heavy atom. The molecule has 1 amide bonds. The van der Waals surface area contributed by atoms with E-state index in [1.807, 2.05) is 11.8 Å². The number of rotatable bonds is 6. The molecule has 20 heavy (non-hydrogen) atoms. The molecule has 5 heteroatoms. The lowest BCUT2D eigenvalue weighted by Crippen LogP contribution is -2.55. The maximum absolute atomic E-state index is 11.6. The molecule has 0 saturated carbocycles. The molecule has 2 aliphatic heterocycles. The van der Waals surface area contributed by atoms with Crippen LogP contribution in [-0.4, -0.2) is 83.7 Å². The molecule has 2 heterocycles. The summed E-state index contributed by atoms with van der Waals surface area (Å²) >= 11 is 0. The van der Waals surface area contributed by atoms with Crippen LogP contribution in [0, 0.1) is 0 Å². The second kappa shape index (κ2) is 7.38. The van der Waals surface area contributed by atoms with Crippen LogP contribution in [0.3, 0.4) is 0 Å². The highest BCUT2D eigenvalue weighted by Crippen LogP contribution is 2.14. The molecule has 116 valence electrons. The second-order valence-electron chi connectivity index (χ2n) is 6.19. The molecular formula is C15H29N3O2. The van der Waals surface area contributed by atoms with Crippen LogP contribution >= 0.6 is 0 Å². The van der Waals surface area contributed by atoms with Gasteiger partial charge in [0.2, 0.25) is 5.91 Å². The van der Waals surface area contributed by atoms with Crippen LogP contribution in [0.1, 0.15) is 33.1 Å². The lowest BCUT2D eigenvalue weighted by Gasteiger charge is -2.42. The first-order valence-corrected chi connectivity index (χ1v) is 8.02. The number of amides is 1. The minimum absolute atomic E-state index is 0.252. The summed E-state index contributed by atoms with van der Waals surface area (Å²) < 4.78 is 0. The Labute approximate surface area is 122 Å². The Balaban J connectivity index is 1.76. The van der Waals surface area contributed by atoms with Crippen molar-refractivity contribution >= 4 is 5.91 Å². The summed E-state index contributed by atoms with van der Waals surface area (Å²) in [6, 6.07) is 0.535. The zero-order chi connectivity index (χ0) is 14.5. The SMILES string of the molecule is CC[C@@H]1CN(CCN2CCCC2=O)CCN1C[C@H](C)O. The Kier molecular flexibility index (Phi) is 5.81. The number of aliphatic hydroxyl groups is 1. The Morgan fingerprint density at radius 1 is 1.30 bits per heavy atom. The van der Waals surface area contributed by atoms with Crippen molar-refractivity contribution < 1.29 is 9.90 Å². The first kappa shape index (κ1) is 15.7. The van der Waals surface area contributed by atoms with Crippen molar-refractivity contribution in [2.24, 2.45) is 0 Å². The van der Waals surface area contributed by atoms with Crippen LogP contribution in [-0.2, 0) is 4.79 Å². The third-order valence-electron chi connectivity index (χ3n) is 4.52. The molecule has 0 aromatic rings. The van der Waals surface area contributed by atoms with E-state index in [4.69, 9.17) is 0 Å². The molecule has 0 spiro atoms. The Hall–Kier alpha value is -0.650. The van der Waals surface area contributed by atoms with E-state index in [-0.39, 0.29) is 6.10 Å². The lowest BCUT2D eigenvalue weighted by atomic mass is 10.1. The predicted molar refractivity (Wildman–Crippen MR) is 79.6 cm³/mol. The highest BCUT2D eigenvalue weighted by atomic mass is 16.3. The lowest BCUT2D eigenvalue weighted by molar-refractivity contribution is -0.127. The van der Waals surface area contributed by atoms with Gasteiger partial charge >= 0.3 is 0 Å². The number of piperazine rings is 1. The van der Waals surface area contributed by atoms with Crippen LogP contribution < -0.4 is 0 Å². The third kappa shape index (κ3) is 4.17. The summed E-state index contributed by atoms with van der Waals surface area (Å²) in [6.07, 6.45) is 2.63. The molecule has 2 aliphatic rings. The monoisotopic (exact) mass is 283 g/mol. The van der Waals surface area contributed by atoms with E-state index in [1.165, 1.54) is 0 Å². The van der Waals surface area contributed by atoms with Gasteiger partial charge in [0.05, 0.1) is 6.10 Å². The molecule has 0 aliphatic carbocycles. The van der Waals surface area contributed by atoms with Gasteiger partial charge in [-0.2, -0.15) is 0 Å². The van der Waals surface area contributed by atoms with Crippen molar-refractivity contribution in [2.75, 3.05) is 45.8 Å². The number of hydrogen-bond donors (Lipinski definition) is 1. The van der Waals surface area contributed by atoms with Gasteiger partial charge in [-0.05, 0) is 19.8 Å². The number of aliphatic hydroxyl groups excluding tert-OH is 1. The van der Waals surface area contributed by atoms with E-state index in [0.717, 1.165) is 65.1 Å². The fraction of sp³-hybridized carbons (Fsp3) is 0.933. The molecule has 0 bridgehead atoms. The summed E-state index contributed by atoms with van der Waals surface area (Å²) in [4.78, 5) is 18.5. The van der Waals surface area contributed by atoms with Gasteiger partial charge < -0.3 is 10.0 Å². The molecule has 1 N–H and O–H groups in total. The number of carbonyl (C=O) groups excluding carboxylic acids is 1. The van der Waals surface area contributed by atoms with Crippen molar-refractivity contribution in [3.63, 3.8) is 0 Å². The van der Waals surface area contributed by atoms with Gasteiger partial charge in [-0.3, -0.25) is 14.6 Å². The van der Waals surface area contributed by atoms with Crippen molar-refractivity contribution in [1.29, 1.82) is 0 Å². The van der Waals surface area contributed by atoms with Crippen molar-refractivity contribution in [2.45, 2.75) is 45.3 Å². The largest absolute Gasteiger partial charge is 0.392 e. The average Bonchev–Trinajstić information content (AvgIpc) is 2.82. The topological polar surface area (TPSA) is 47.0 Å². The molecule has 0 aromatic carbocycles. The van der Waals surface area contributed by atoms with Crippen LogP contribution in [0.5, 0.6) is 0 Å². The summed E-state index contributed by atoms with van der Waals surface area (Å²) in [7, 11) is 0. The fourth-order valence-corrected chi connectivity index (χ4v) is 3.33. The fourth-order valence-electron chi connectivity index (χ4n) is 3.33. The Bertz CT molecular complexity index is 322. The molecule has 2 atom stereocenters. The zero-order valence-corrected chi connectivity index (χ0v) is 12.9. The van der Waals surface area contributed by atoms with Crippen LogP contribution in [0.4, 0.5) is 0 Å². The summed E-state index contributed by atoms with van der Waals surface area (Å²) in [5.74, 6) is 0.324. The van der Waals surface area contributed by atoms with Gasteiger partial charge in [-0.15, -0.1) is 0 Å². The number of likely N-dealkylation sites (tertiary alicyclic amines) is 1. The van der Waals surface area contributed by atoms with Crippen molar-refractivity contribution in [3.8, 4) is 0 Å². The summed E-state index contributed by atoms with van der Waals surface area (Å²) in [6.45, 7) is 10.8. The summed E-state index contributed by atoms with van der Waals surface area (Å²) in [5, 5.41) is 9.56. The van der Waals surface area contributed by atoms with Crippen LogP contribution in [0.25, 0.3) is 0 Å². The van der Waals surface area contributed by atoms with Gasteiger partial charge in [0.15, 0.2) is 0 Å². The van der Waals surface area contributed by atoms with Crippen molar-refractivity contribution in [1.82, 2.24) is 14.7 Å². The van der Waals surface area contributed by atoms with Crippen LogP contribution in [0.2, 0.25) is 0 Å². The molecule has 0 aromatic heterocycles. The van der Waals surface area contributed by atoms with Crippen LogP contribution in [0.15, 0.2) is 0 Å². The second-order valence-corrected chi connectivity index (χ2v) is 6.19. The highest BCUT2D eigenvalue weighted by Gasteiger charge is 2.27. The van der Waals surface area contributed by atoms with E-state index in [2.05, 4.69) is 16.7 Å². The molecular weight excluding hydrogens is 254 g/mol. The minimum Gasteiger partial charge on any atom is -0.392 e. The molecule has 2 rings (SSSR count). The smallest absolute Gasteiger partial charge is 0.222 e. The maximum Gasteiger partial charge on any atom is 0.222 e. The zero-order valence-electron chi connectivity index (χ0n) is 12.9. The van der Waals surface area contributed by atoms with E-state index < -0.39 is 0 Å². The van der Waals surface area contributed by atoms with E-state index in [1.54, 1.807) is 0 Å².